The summed E-state index contributed by atoms with van der Waals surface area (Å²) in [7, 11) is -3.41. The van der Waals surface area contributed by atoms with E-state index in [1.54, 1.807) is 19.9 Å². The first-order chi connectivity index (χ1) is 16.4. The number of benzene rings is 1. The fraction of sp³-hybridized carbons (Fsp3) is 0.458. The van der Waals surface area contributed by atoms with Crippen molar-refractivity contribution in [3.63, 3.8) is 0 Å². The molecule has 1 aromatic carbocycles. The molecule has 0 aliphatic carbocycles. The van der Waals surface area contributed by atoms with Crippen molar-refractivity contribution < 1.29 is 8.42 Å². The first-order valence-corrected chi connectivity index (χ1v) is 13.3. The molecule has 1 N–H and O–H groups in total. The second-order valence-corrected chi connectivity index (χ2v) is 11.8. The van der Waals surface area contributed by atoms with E-state index in [0.29, 0.717) is 17.7 Å². The zero-order chi connectivity index (χ0) is 23.7. The monoisotopic (exact) mass is 481 g/mol. The van der Waals surface area contributed by atoms with E-state index in [0.717, 1.165) is 50.8 Å². The predicted octanol–water partition coefficient (Wildman–Crippen LogP) is 2.44. The number of hydrogen-bond donors (Lipinski definition) is 1. The third-order valence-corrected chi connectivity index (χ3v) is 8.38. The molecule has 0 bridgehead atoms. The van der Waals surface area contributed by atoms with Crippen LogP contribution in [0.4, 0.5) is 11.6 Å². The van der Waals surface area contributed by atoms with Crippen molar-refractivity contribution in [1.29, 1.82) is 0 Å². The van der Waals surface area contributed by atoms with Gasteiger partial charge in [0.25, 0.3) is 0 Å². The van der Waals surface area contributed by atoms with Crippen molar-refractivity contribution in [1.82, 2.24) is 24.9 Å². The molecule has 2 fully saturated rings. The normalized spacial score (nSPS) is 20.7. The molecule has 4 heterocycles. The number of fused-ring (bicyclic) bond motifs is 1. The molecule has 2 atom stereocenters. The van der Waals surface area contributed by atoms with Gasteiger partial charge in [0, 0.05) is 32.7 Å². The van der Waals surface area contributed by atoms with E-state index in [1.807, 2.05) is 41.2 Å². The van der Waals surface area contributed by atoms with Crippen molar-refractivity contribution in [2.24, 2.45) is 11.8 Å². The summed E-state index contributed by atoms with van der Waals surface area (Å²) >= 11 is 0. The summed E-state index contributed by atoms with van der Waals surface area (Å²) in [5.74, 6) is 2.34. The van der Waals surface area contributed by atoms with E-state index in [1.165, 1.54) is 5.56 Å². The van der Waals surface area contributed by atoms with E-state index in [9.17, 15) is 8.42 Å². The average Bonchev–Trinajstić information content (AvgIpc) is 3.50. The average molecular weight is 482 g/mol. The van der Waals surface area contributed by atoms with Crippen LogP contribution >= 0.6 is 0 Å². The van der Waals surface area contributed by atoms with Gasteiger partial charge in [0.2, 0.25) is 10.0 Å². The van der Waals surface area contributed by atoms with Gasteiger partial charge in [-0.1, -0.05) is 41.6 Å². The Kier molecular flexibility index (Phi) is 6.26. The maximum atomic E-state index is 12.2. The van der Waals surface area contributed by atoms with Crippen LogP contribution in [0, 0.1) is 11.8 Å². The maximum Gasteiger partial charge on any atom is 0.236 e. The molecule has 2 aliphatic rings. The largest absolute Gasteiger partial charge is 0.356 e. The molecule has 0 amide bonds. The Labute approximate surface area is 200 Å². The minimum atomic E-state index is -3.41. The zero-order valence-electron chi connectivity index (χ0n) is 19.6. The summed E-state index contributed by atoms with van der Waals surface area (Å²) in [6.45, 7) is 8.75. The van der Waals surface area contributed by atoms with Crippen molar-refractivity contribution in [2.75, 3.05) is 35.8 Å². The van der Waals surface area contributed by atoms with E-state index < -0.39 is 15.3 Å². The summed E-state index contributed by atoms with van der Waals surface area (Å²) in [4.78, 5) is 9.31. The topological polar surface area (TPSA) is 96.2 Å². The van der Waals surface area contributed by atoms with Gasteiger partial charge in [0.1, 0.15) is 11.6 Å². The molecule has 10 heteroatoms. The lowest BCUT2D eigenvalue weighted by atomic mass is 10.0. The molecule has 180 valence electrons. The molecule has 2 aliphatic heterocycles. The molecule has 34 heavy (non-hydrogen) atoms. The summed E-state index contributed by atoms with van der Waals surface area (Å²) in [5, 5.41) is 8.17. The van der Waals surface area contributed by atoms with Crippen LogP contribution in [-0.4, -0.2) is 64.7 Å². The van der Waals surface area contributed by atoms with Gasteiger partial charge in [-0.15, -0.1) is 5.10 Å². The third kappa shape index (κ3) is 5.07. The highest BCUT2D eigenvalue weighted by atomic mass is 32.2. The van der Waals surface area contributed by atoms with E-state index in [-0.39, 0.29) is 0 Å². The van der Waals surface area contributed by atoms with Crippen LogP contribution in [0.3, 0.4) is 0 Å². The van der Waals surface area contributed by atoms with Crippen molar-refractivity contribution in [3.8, 4) is 0 Å². The summed E-state index contributed by atoms with van der Waals surface area (Å²) < 4.78 is 28.9. The molecule has 9 nitrogen and oxygen atoms in total. The highest BCUT2D eigenvalue weighted by Crippen LogP contribution is 2.34. The van der Waals surface area contributed by atoms with Gasteiger partial charge in [-0.2, -0.15) is 0 Å². The van der Waals surface area contributed by atoms with Gasteiger partial charge in [-0.05, 0) is 43.4 Å². The summed E-state index contributed by atoms with van der Waals surface area (Å²) in [6.07, 6.45) is 2.04. The third-order valence-electron chi connectivity index (χ3n) is 6.65. The highest BCUT2D eigenvalue weighted by molar-refractivity contribution is 7.93. The van der Waals surface area contributed by atoms with Crippen LogP contribution < -0.4 is 9.62 Å². The number of sulfonamides is 1. The molecule has 3 aromatic rings. The molecule has 5 rings (SSSR count). The standard InChI is InChI=1S/C24H31N7O2S/c1-18(2)34(32,33)27-23-9-6-10-24(25-23)30-14-20-12-29(13-21(20)15-30)16-22-17-31(28-26-22)11-19-7-4-3-5-8-19/h3-10,17-18,20-21H,11-16H2,1-2H3,(H,25,27). The molecule has 0 spiro atoms. The summed E-state index contributed by atoms with van der Waals surface area (Å²) in [6, 6.07) is 15.8. The first kappa shape index (κ1) is 22.8. The molecule has 2 unspecified atom stereocenters. The van der Waals surface area contributed by atoms with Gasteiger partial charge >= 0.3 is 0 Å². The number of nitrogens with zero attached hydrogens (tertiary/aromatic N) is 6. The molecular formula is C24H31N7O2S. The van der Waals surface area contributed by atoms with Gasteiger partial charge < -0.3 is 4.90 Å². The quantitative estimate of drug-likeness (QED) is 0.528. The lowest BCUT2D eigenvalue weighted by Gasteiger charge is -2.22. The Balaban J connectivity index is 1.16. The van der Waals surface area contributed by atoms with Crippen LogP contribution in [0.15, 0.2) is 54.7 Å². The first-order valence-electron chi connectivity index (χ1n) is 11.7. The van der Waals surface area contributed by atoms with Gasteiger partial charge in [0.05, 0.1) is 23.7 Å². The number of rotatable bonds is 8. The van der Waals surface area contributed by atoms with Crippen LogP contribution in [0.2, 0.25) is 0 Å². The van der Waals surface area contributed by atoms with Crippen LogP contribution in [-0.2, 0) is 23.1 Å². The van der Waals surface area contributed by atoms with E-state index >= 15 is 0 Å². The van der Waals surface area contributed by atoms with Crippen molar-refractivity contribution >= 4 is 21.7 Å². The molecule has 2 saturated heterocycles. The molecule has 0 radical (unpaired) electrons. The Morgan fingerprint density at radius 3 is 2.41 bits per heavy atom. The number of nitrogens with one attached hydrogen (secondary N) is 1. The van der Waals surface area contributed by atoms with E-state index in [2.05, 4.69) is 42.0 Å². The fourth-order valence-corrected chi connectivity index (χ4v) is 5.45. The number of pyridine rings is 1. The van der Waals surface area contributed by atoms with Gasteiger partial charge in [-0.25, -0.2) is 18.1 Å². The number of anilines is 2. The lowest BCUT2D eigenvalue weighted by Crippen LogP contribution is -2.29. The van der Waals surface area contributed by atoms with Crippen LogP contribution in [0.25, 0.3) is 0 Å². The number of hydrogen-bond acceptors (Lipinski definition) is 7. The summed E-state index contributed by atoms with van der Waals surface area (Å²) in [5.41, 5.74) is 2.21. The van der Waals surface area contributed by atoms with Crippen LogP contribution in [0.5, 0.6) is 0 Å². The van der Waals surface area contributed by atoms with E-state index in [4.69, 9.17) is 0 Å². The van der Waals surface area contributed by atoms with Crippen molar-refractivity contribution in [3.05, 3.63) is 66.0 Å². The minimum Gasteiger partial charge on any atom is -0.356 e. The smallest absolute Gasteiger partial charge is 0.236 e. The zero-order valence-corrected chi connectivity index (χ0v) is 20.4. The SMILES string of the molecule is CC(C)S(=O)(=O)Nc1cccc(N2CC3CN(Cc4cn(Cc5ccccc5)nn4)CC3C2)n1. The Hall–Kier alpha value is -2.98. The van der Waals surface area contributed by atoms with Crippen LogP contribution in [0.1, 0.15) is 25.1 Å². The Bertz CT molecular complexity index is 1210. The molecule has 2 aromatic heterocycles. The molecule has 0 saturated carbocycles. The second kappa shape index (κ2) is 9.34. The van der Waals surface area contributed by atoms with Gasteiger partial charge in [0.15, 0.2) is 0 Å². The number of aromatic nitrogens is 4. The Morgan fingerprint density at radius 1 is 0.971 bits per heavy atom. The predicted molar refractivity (Wildman–Crippen MR) is 132 cm³/mol. The Morgan fingerprint density at radius 2 is 1.71 bits per heavy atom. The van der Waals surface area contributed by atoms with Crippen molar-refractivity contribution in [2.45, 2.75) is 32.2 Å². The van der Waals surface area contributed by atoms with Gasteiger partial charge in [-0.3, -0.25) is 9.62 Å². The minimum absolute atomic E-state index is 0.378. The number of likely N-dealkylation sites (tertiary alicyclic amines) is 1. The maximum absolute atomic E-state index is 12.2. The lowest BCUT2D eigenvalue weighted by molar-refractivity contribution is 0.305. The fourth-order valence-electron chi connectivity index (χ4n) is 4.81. The molecular weight excluding hydrogens is 450 g/mol. The highest BCUT2D eigenvalue weighted by Gasteiger charge is 2.40. The second-order valence-electron chi connectivity index (χ2n) is 9.59.